The summed E-state index contributed by atoms with van der Waals surface area (Å²) in [5.41, 5.74) is 2.92. The number of nitrogens with zero attached hydrogens (tertiary/aromatic N) is 2. The van der Waals surface area contributed by atoms with Crippen molar-refractivity contribution < 1.29 is 4.79 Å². The molecule has 0 saturated heterocycles. The number of nitriles is 1. The first-order valence-corrected chi connectivity index (χ1v) is 9.39. The summed E-state index contributed by atoms with van der Waals surface area (Å²) < 4.78 is 2.22. The van der Waals surface area contributed by atoms with Gasteiger partial charge in [0, 0.05) is 24.1 Å². The van der Waals surface area contributed by atoms with Gasteiger partial charge >= 0.3 is 0 Å². The molecule has 0 unspecified atom stereocenters. The highest BCUT2D eigenvalue weighted by Crippen LogP contribution is 2.28. The number of hydrogen-bond acceptors (Lipinski definition) is 2. The van der Waals surface area contributed by atoms with E-state index in [1.165, 1.54) is 37.7 Å². The molecule has 1 aromatic carbocycles. The SMILES string of the molecule is CCc1ccc(NC(=O)/C(C#N)=C/c2ccn(C3CCCCC3)c2)cc1. The van der Waals surface area contributed by atoms with Crippen LogP contribution in [0.25, 0.3) is 6.08 Å². The lowest BCUT2D eigenvalue weighted by Gasteiger charge is -2.23. The van der Waals surface area contributed by atoms with Crippen LogP contribution in [0.4, 0.5) is 5.69 Å². The Morgan fingerprint density at radius 3 is 2.62 bits per heavy atom. The van der Waals surface area contributed by atoms with Gasteiger partial charge in [-0.1, -0.05) is 38.3 Å². The van der Waals surface area contributed by atoms with Gasteiger partial charge in [-0.3, -0.25) is 4.79 Å². The molecule has 1 saturated carbocycles. The smallest absolute Gasteiger partial charge is 0.266 e. The van der Waals surface area contributed by atoms with E-state index in [0.717, 1.165) is 12.0 Å². The number of amides is 1. The number of hydrogen-bond donors (Lipinski definition) is 1. The van der Waals surface area contributed by atoms with E-state index in [1.54, 1.807) is 6.08 Å². The Balaban J connectivity index is 1.69. The second-order valence-electron chi connectivity index (χ2n) is 6.86. The Bertz CT molecular complexity index is 818. The molecular formula is C22H25N3O. The first kappa shape index (κ1) is 18.0. The van der Waals surface area contributed by atoms with E-state index in [1.807, 2.05) is 42.6 Å². The van der Waals surface area contributed by atoms with Crippen molar-refractivity contribution in [2.75, 3.05) is 5.32 Å². The minimum atomic E-state index is -0.373. The Morgan fingerprint density at radius 2 is 1.96 bits per heavy atom. The molecule has 134 valence electrons. The number of carbonyl (C=O) groups is 1. The van der Waals surface area contributed by atoms with Crippen molar-refractivity contribution in [3.05, 3.63) is 59.4 Å². The lowest BCUT2D eigenvalue weighted by Crippen LogP contribution is -2.13. The molecule has 2 aromatic rings. The molecule has 1 aliphatic carbocycles. The lowest BCUT2D eigenvalue weighted by atomic mass is 9.95. The third-order valence-corrected chi connectivity index (χ3v) is 5.03. The van der Waals surface area contributed by atoms with Gasteiger partial charge in [0.1, 0.15) is 11.6 Å². The molecule has 1 heterocycles. The zero-order valence-corrected chi connectivity index (χ0v) is 15.2. The van der Waals surface area contributed by atoms with E-state index in [4.69, 9.17) is 0 Å². The summed E-state index contributed by atoms with van der Waals surface area (Å²) in [7, 11) is 0. The fourth-order valence-corrected chi connectivity index (χ4v) is 3.46. The Morgan fingerprint density at radius 1 is 1.23 bits per heavy atom. The van der Waals surface area contributed by atoms with Crippen LogP contribution in [0.15, 0.2) is 48.3 Å². The van der Waals surface area contributed by atoms with Crippen LogP contribution in [0.1, 0.15) is 56.2 Å². The quantitative estimate of drug-likeness (QED) is 0.604. The van der Waals surface area contributed by atoms with Crippen molar-refractivity contribution in [2.24, 2.45) is 0 Å². The normalized spacial score (nSPS) is 15.5. The fraction of sp³-hybridized carbons (Fsp3) is 0.364. The molecule has 4 heteroatoms. The summed E-state index contributed by atoms with van der Waals surface area (Å²) in [5.74, 6) is -0.373. The molecule has 1 N–H and O–H groups in total. The van der Waals surface area contributed by atoms with E-state index >= 15 is 0 Å². The first-order valence-electron chi connectivity index (χ1n) is 9.39. The molecule has 0 spiro atoms. The summed E-state index contributed by atoms with van der Waals surface area (Å²) in [5, 5.41) is 12.2. The molecule has 1 amide bonds. The average molecular weight is 347 g/mol. The van der Waals surface area contributed by atoms with Crippen LogP contribution in [0.5, 0.6) is 0 Å². The van der Waals surface area contributed by atoms with Crippen LogP contribution in [-0.4, -0.2) is 10.5 Å². The summed E-state index contributed by atoms with van der Waals surface area (Å²) in [6, 6.07) is 12.2. The number of benzene rings is 1. The van der Waals surface area contributed by atoms with Gasteiger partial charge in [-0.05, 0) is 54.7 Å². The summed E-state index contributed by atoms with van der Waals surface area (Å²) in [6.07, 6.45) is 13.0. The average Bonchev–Trinajstić information content (AvgIpc) is 3.16. The van der Waals surface area contributed by atoms with Crippen molar-refractivity contribution in [3.8, 4) is 6.07 Å². The van der Waals surface area contributed by atoms with Crippen molar-refractivity contribution in [1.82, 2.24) is 4.57 Å². The molecule has 0 bridgehead atoms. The summed E-state index contributed by atoms with van der Waals surface area (Å²) in [6.45, 7) is 2.09. The zero-order chi connectivity index (χ0) is 18.4. The van der Waals surface area contributed by atoms with Crippen LogP contribution < -0.4 is 5.32 Å². The number of anilines is 1. The van der Waals surface area contributed by atoms with Crippen molar-refractivity contribution in [2.45, 2.75) is 51.5 Å². The largest absolute Gasteiger partial charge is 0.351 e. The van der Waals surface area contributed by atoms with Gasteiger partial charge in [-0.25, -0.2) is 0 Å². The molecule has 0 aliphatic heterocycles. The molecule has 0 atom stereocenters. The third kappa shape index (κ3) is 4.43. The van der Waals surface area contributed by atoms with E-state index in [-0.39, 0.29) is 11.5 Å². The Labute approximate surface area is 155 Å². The standard InChI is InChI=1S/C22H25N3O/c1-2-17-8-10-20(11-9-17)24-22(26)19(15-23)14-18-12-13-25(16-18)21-6-4-3-5-7-21/h8-14,16,21H,2-7H2,1H3,(H,24,26)/b19-14+. The Hall–Kier alpha value is -2.80. The number of carbonyl (C=O) groups excluding carboxylic acids is 1. The maximum atomic E-state index is 12.4. The zero-order valence-electron chi connectivity index (χ0n) is 15.2. The predicted molar refractivity (Wildman–Crippen MR) is 105 cm³/mol. The third-order valence-electron chi connectivity index (χ3n) is 5.03. The molecule has 4 nitrogen and oxygen atoms in total. The van der Waals surface area contributed by atoms with Gasteiger partial charge in [0.05, 0.1) is 0 Å². The van der Waals surface area contributed by atoms with E-state index in [9.17, 15) is 10.1 Å². The summed E-state index contributed by atoms with van der Waals surface area (Å²) in [4.78, 5) is 12.4. The highest BCUT2D eigenvalue weighted by Gasteiger charge is 2.15. The Kier molecular flexibility index (Phi) is 5.91. The van der Waals surface area contributed by atoms with E-state index < -0.39 is 0 Å². The number of aryl methyl sites for hydroxylation is 1. The lowest BCUT2D eigenvalue weighted by molar-refractivity contribution is -0.112. The second kappa shape index (κ2) is 8.53. The summed E-state index contributed by atoms with van der Waals surface area (Å²) >= 11 is 0. The molecule has 1 fully saturated rings. The minimum absolute atomic E-state index is 0.117. The van der Waals surface area contributed by atoms with Gasteiger partial charge in [-0.15, -0.1) is 0 Å². The highest BCUT2D eigenvalue weighted by atomic mass is 16.1. The van der Waals surface area contributed by atoms with E-state index in [0.29, 0.717) is 11.7 Å². The predicted octanol–water partition coefficient (Wildman–Crippen LogP) is 5.10. The first-order chi connectivity index (χ1) is 12.7. The van der Waals surface area contributed by atoms with Crippen LogP contribution in [0.3, 0.4) is 0 Å². The molecule has 1 aliphatic rings. The van der Waals surface area contributed by atoms with Crippen molar-refractivity contribution >= 4 is 17.7 Å². The molecule has 0 radical (unpaired) electrons. The van der Waals surface area contributed by atoms with Crippen LogP contribution in [-0.2, 0) is 11.2 Å². The van der Waals surface area contributed by atoms with Crippen molar-refractivity contribution in [1.29, 1.82) is 5.26 Å². The van der Waals surface area contributed by atoms with Crippen molar-refractivity contribution in [3.63, 3.8) is 0 Å². The fourth-order valence-electron chi connectivity index (χ4n) is 3.46. The maximum Gasteiger partial charge on any atom is 0.266 e. The number of aromatic nitrogens is 1. The van der Waals surface area contributed by atoms with Gasteiger partial charge in [0.25, 0.3) is 5.91 Å². The maximum absolute atomic E-state index is 12.4. The van der Waals surface area contributed by atoms with E-state index in [2.05, 4.69) is 23.0 Å². The van der Waals surface area contributed by atoms with Crippen LogP contribution in [0, 0.1) is 11.3 Å². The van der Waals surface area contributed by atoms with Gasteiger partial charge in [0.15, 0.2) is 0 Å². The topological polar surface area (TPSA) is 57.8 Å². The molecule has 26 heavy (non-hydrogen) atoms. The molecule has 3 rings (SSSR count). The number of rotatable bonds is 5. The molecule has 1 aromatic heterocycles. The number of nitrogens with one attached hydrogen (secondary N) is 1. The second-order valence-corrected chi connectivity index (χ2v) is 6.86. The molecular weight excluding hydrogens is 322 g/mol. The van der Waals surface area contributed by atoms with Crippen LogP contribution in [0.2, 0.25) is 0 Å². The monoisotopic (exact) mass is 347 g/mol. The minimum Gasteiger partial charge on any atom is -0.351 e. The van der Waals surface area contributed by atoms with Gasteiger partial charge < -0.3 is 9.88 Å². The van der Waals surface area contributed by atoms with Gasteiger partial charge in [-0.2, -0.15) is 5.26 Å². The highest BCUT2D eigenvalue weighted by molar-refractivity contribution is 6.09. The van der Waals surface area contributed by atoms with Crippen LogP contribution >= 0.6 is 0 Å². The van der Waals surface area contributed by atoms with Gasteiger partial charge in [0.2, 0.25) is 0 Å².